The van der Waals surface area contributed by atoms with Crippen LogP contribution >= 0.6 is 0 Å². The molecule has 0 aliphatic carbocycles. The summed E-state index contributed by atoms with van der Waals surface area (Å²) >= 11 is 0. The number of para-hydroxylation sites is 1. The number of nitrogens with two attached hydrogens (primary N) is 1. The SMILES string of the molecule is N=Cc1cc(Nc2nc(-c3cccc(/C=C/C=O)c3)nc3ccccc23)ccc1N. The Balaban J connectivity index is 1.81. The van der Waals surface area contributed by atoms with Gasteiger partial charge in [0.2, 0.25) is 0 Å². The largest absolute Gasteiger partial charge is 0.398 e. The summed E-state index contributed by atoms with van der Waals surface area (Å²) in [4.78, 5) is 20.1. The number of benzene rings is 3. The second kappa shape index (κ2) is 8.36. The molecule has 0 saturated carbocycles. The van der Waals surface area contributed by atoms with Crippen molar-refractivity contribution in [1.29, 1.82) is 5.41 Å². The van der Waals surface area contributed by atoms with Crippen LogP contribution in [0, 0.1) is 5.41 Å². The second-order valence-corrected chi connectivity index (χ2v) is 6.65. The first kappa shape index (κ1) is 19.0. The summed E-state index contributed by atoms with van der Waals surface area (Å²) in [5, 5.41) is 11.7. The van der Waals surface area contributed by atoms with Gasteiger partial charge >= 0.3 is 0 Å². The first-order valence-corrected chi connectivity index (χ1v) is 9.34. The van der Waals surface area contributed by atoms with Crippen LogP contribution in [0.4, 0.5) is 17.2 Å². The van der Waals surface area contributed by atoms with Crippen molar-refractivity contribution in [3.63, 3.8) is 0 Å². The molecule has 0 bridgehead atoms. The number of rotatable bonds is 6. The Bertz CT molecular complexity index is 1280. The van der Waals surface area contributed by atoms with Crippen molar-refractivity contribution in [3.8, 4) is 11.4 Å². The molecular weight excluding hydrogens is 374 g/mol. The summed E-state index contributed by atoms with van der Waals surface area (Å²) < 4.78 is 0. The van der Waals surface area contributed by atoms with Gasteiger partial charge in [-0.3, -0.25) is 4.79 Å². The average Bonchev–Trinajstić information content (AvgIpc) is 2.79. The van der Waals surface area contributed by atoms with Crippen molar-refractivity contribution < 1.29 is 4.79 Å². The minimum Gasteiger partial charge on any atom is -0.398 e. The van der Waals surface area contributed by atoms with Crippen LogP contribution in [0.3, 0.4) is 0 Å². The van der Waals surface area contributed by atoms with Gasteiger partial charge in [0.15, 0.2) is 5.82 Å². The fourth-order valence-electron chi connectivity index (χ4n) is 3.15. The van der Waals surface area contributed by atoms with E-state index in [0.29, 0.717) is 22.9 Å². The average molecular weight is 393 g/mol. The summed E-state index contributed by atoms with van der Waals surface area (Å²) in [6, 6.07) is 20.9. The lowest BCUT2D eigenvalue weighted by molar-refractivity contribution is -0.104. The molecule has 1 aromatic heterocycles. The van der Waals surface area contributed by atoms with E-state index in [1.165, 1.54) is 12.3 Å². The van der Waals surface area contributed by atoms with Crippen molar-refractivity contribution in [1.82, 2.24) is 9.97 Å². The van der Waals surface area contributed by atoms with E-state index in [-0.39, 0.29) is 0 Å². The lowest BCUT2D eigenvalue weighted by Gasteiger charge is -2.12. The number of hydrogen-bond acceptors (Lipinski definition) is 6. The maximum Gasteiger partial charge on any atom is 0.162 e. The Morgan fingerprint density at radius 1 is 0.967 bits per heavy atom. The van der Waals surface area contributed by atoms with Crippen molar-refractivity contribution in [2.24, 2.45) is 0 Å². The zero-order chi connectivity index (χ0) is 20.9. The third-order valence-corrected chi connectivity index (χ3v) is 4.62. The highest BCUT2D eigenvalue weighted by atomic mass is 16.1. The van der Waals surface area contributed by atoms with Gasteiger partial charge < -0.3 is 16.5 Å². The van der Waals surface area contributed by atoms with Gasteiger partial charge in [0, 0.05) is 34.1 Å². The van der Waals surface area contributed by atoms with Crippen LogP contribution in [-0.4, -0.2) is 22.5 Å². The number of allylic oxidation sites excluding steroid dienone is 1. The summed E-state index contributed by atoms with van der Waals surface area (Å²) in [7, 11) is 0. The Morgan fingerprint density at radius 2 is 1.83 bits per heavy atom. The highest BCUT2D eigenvalue weighted by Gasteiger charge is 2.10. The number of anilines is 3. The van der Waals surface area contributed by atoms with E-state index in [1.54, 1.807) is 12.1 Å². The summed E-state index contributed by atoms with van der Waals surface area (Å²) in [5.41, 5.74) is 10.4. The van der Waals surface area contributed by atoms with Gasteiger partial charge in [0.1, 0.15) is 12.1 Å². The minimum atomic E-state index is 0.545. The first-order chi connectivity index (χ1) is 14.7. The molecule has 6 heteroatoms. The van der Waals surface area contributed by atoms with Gasteiger partial charge in [-0.1, -0.05) is 36.4 Å². The fourth-order valence-corrected chi connectivity index (χ4v) is 3.15. The summed E-state index contributed by atoms with van der Waals surface area (Å²) in [6.45, 7) is 0. The Kier molecular flexibility index (Phi) is 5.30. The molecule has 3 aromatic carbocycles. The highest BCUT2D eigenvalue weighted by Crippen LogP contribution is 2.28. The maximum absolute atomic E-state index is 10.6. The predicted octanol–water partition coefficient (Wildman–Crippen LogP) is 4.83. The quantitative estimate of drug-likeness (QED) is 0.188. The highest BCUT2D eigenvalue weighted by molar-refractivity contribution is 5.93. The lowest BCUT2D eigenvalue weighted by atomic mass is 10.1. The molecule has 0 radical (unpaired) electrons. The molecule has 0 saturated heterocycles. The molecule has 30 heavy (non-hydrogen) atoms. The molecule has 4 N–H and O–H groups in total. The van der Waals surface area contributed by atoms with Gasteiger partial charge in [-0.2, -0.15) is 0 Å². The predicted molar refractivity (Wildman–Crippen MR) is 122 cm³/mol. The summed E-state index contributed by atoms with van der Waals surface area (Å²) in [5.74, 6) is 1.23. The number of hydrogen-bond donors (Lipinski definition) is 3. The monoisotopic (exact) mass is 393 g/mol. The van der Waals surface area contributed by atoms with Crippen LogP contribution < -0.4 is 11.1 Å². The fraction of sp³-hybridized carbons (Fsp3) is 0. The standard InChI is InChI=1S/C24H19N5O/c25-15-18-14-19(10-11-21(18)26)27-24-20-8-1-2-9-22(20)28-23(29-24)17-7-3-5-16(13-17)6-4-12-30/h1-15,25H,26H2,(H,27,28,29)/b6-4+,25-15?. The molecule has 1 heterocycles. The molecule has 0 aliphatic rings. The van der Waals surface area contributed by atoms with Gasteiger partial charge in [0.05, 0.1) is 5.52 Å². The van der Waals surface area contributed by atoms with Crippen LogP contribution in [0.1, 0.15) is 11.1 Å². The third-order valence-electron chi connectivity index (χ3n) is 4.62. The van der Waals surface area contributed by atoms with Crippen molar-refractivity contribution >= 4 is 46.7 Å². The van der Waals surface area contributed by atoms with Gasteiger partial charge in [-0.05, 0) is 48.0 Å². The van der Waals surface area contributed by atoms with E-state index in [2.05, 4.69) is 5.32 Å². The minimum absolute atomic E-state index is 0.545. The molecule has 6 nitrogen and oxygen atoms in total. The van der Waals surface area contributed by atoms with Gasteiger partial charge in [-0.25, -0.2) is 9.97 Å². The molecule has 0 amide bonds. The number of carbonyl (C=O) groups excluding carboxylic acids is 1. The normalized spacial score (nSPS) is 10.9. The number of nitrogens with one attached hydrogen (secondary N) is 2. The number of aldehydes is 1. The molecule has 0 spiro atoms. The van der Waals surface area contributed by atoms with E-state index in [4.69, 9.17) is 21.1 Å². The smallest absolute Gasteiger partial charge is 0.162 e. The zero-order valence-electron chi connectivity index (χ0n) is 16.0. The summed E-state index contributed by atoms with van der Waals surface area (Å²) in [6.07, 6.45) is 5.16. The Morgan fingerprint density at radius 3 is 2.67 bits per heavy atom. The maximum atomic E-state index is 10.6. The molecule has 4 rings (SSSR count). The van der Waals surface area contributed by atoms with Crippen LogP contribution in [0.2, 0.25) is 0 Å². The molecule has 4 aromatic rings. The topological polar surface area (TPSA) is 105 Å². The van der Waals surface area contributed by atoms with E-state index < -0.39 is 0 Å². The van der Waals surface area contributed by atoms with E-state index >= 15 is 0 Å². The Labute approximate surface area is 173 Å². The number of aromatic nitrogens is 2. The molecule has 146 valence electrons. The molecule has 0 atom stereocenters. The molecule has 0 fully saturated rings. The van der Waals surface area contributed by atoms with Gasteiger partial charge in [-0.15, -0.1) is 0 Å². The van der Waals surface area contributed by atoms with Crippen LogP contribution in [0.5, 0.6) is 0 Å². The molecular formula is C24H19N5O. The number of fused-ring (bicyclic) bond motifs is 1. The van der Waals surface area contributed by atoms with E-state index in [0.717, 1.165) is 34.0 Å². The number of carbonyl (C=O) groups is 1. The van der Waals surface area contributed by atoms with E-state index in [1.807, 2.05) is 60.7 Å². The van der Waals surface area contributed by atoms with Crippen molar-refractivity contribution in [3.05, 3.63) is 83.9 Å². The Hall–Kier alpha value is -4.32. The van der Waals surface area contributed by atoms with Crippen LogP contribution in [0.25, 0.3) is 28.4 Å². The van der Waals surface area contributed by atoms with Crippen LogP contribution in [-0.2, 0) is 4.79 Å². The molecule has 0 aliphatic heterocycles. The molecule has 0 unspecified atom stereocenters. The third kappa shape index (κ3) is 3.93. The van der Waals surface area contributed by atoms with Crippen LogP contribution in [0.15, 0.2) is 72.8 Å². The number of nitrogens with zero attached hydrogens (tertiary/aromatic N) is 2. The van der Waals surface area contributed by atoms with Gasteiger partial charge in [0.25, 0.3) is 0 Å². The van der Waals surface area contributed by atoms with Crippen molar-refractivity contribution in [2.45, 2.75) is 0 Å². The van der Waals surface area contributed by atoms with Crippen molar-refractivity contribution in [2.75, 3.05) is 11.1 Å². The zero-order valence-corrected chi connectivity index (χ0v) is 16.0. The first-order valence-electron chi connectivity index (χ1n) is 9.34. The second-order valence-electron chi connectivity index (χ2n) is 6.65. The lowest BCUT2D eigenvalue weighted by Crippen LogP contribution is -2.01. The van der Waals surface area contributed by atoms with E-state index in [9.17, 15) is 4.79 Å². The number of nitrogen functional groups attached to an aromatic ring is 1.